The van der Waals surface area contributed by atoms with Crippen LogP contribution >= 0.6 is 12.4 Å². The quantitative estimate of drug-likeness (QED) is 0.459. The molecule has 0 bridgehead atoms. The molecule has 4 aromatic rings. The van der Waals surface area contributed by atoms with Crippen LogP contribution < -0.4 is 10.3 Å². The van der Waals surface area contributed by atoms with Gasteiger partial charge in [0, 0.05) is 66.2 Å². The van der Waals surface area contributed by atoms with E-state index >= 15 is 0 Å². The molecule has 0 fully saturated rings. The summed E-state index contributed by atoms with van der Waals surface area (Å²) in [6.45, 7) is 3.14. The van der Waals surface area contributed by atoms with Gasteiger partial charge in [0.1, 0.15) is 18.2 Å². The van der Waals surface area contributed by atoms with Gasteiger partial charge in [0.25, 0.3) is 5.56 Å². The lowest BCUT2D eigenvalue weighted by Crippen LogP contribution is -2.21. The van der Waals surface area contributed by atoms with E-state index in [4.69, 9.17) is 4.74 Å². The number of ether oxygens (including phenoxy) is 1. The molecule has 0 spiro atoms. The van der Waals surface area contributed by atoms with E-state index in [2.05, 4.69) is 34.7 Å². The van der Waals surface area contributed by atoms with Crippen molar-refractivity contribution in [3.8, 4) is 11.4 Å². The van der Waals surface area contributed by atoms with Gasteiger partial charge in [-0.2, -0.15) is 0 Å². The van der Waals surface area contributed by atoms with E-state index in [9.17, 15) is 9.18 Å². The molecule has 0 unspecified atom stereocenters. The first-order valence-electron chi connectivity index (χ1n) is 10.5. The molecular weight excluding hydrogens is 429 g/mol. The Morgan fingerprint density at radius 2 is 1.84 bits per heavy atom. The van der Waals surface area contributed by atoms with Crippen LogP contribution in [0, 0.1) is 5.82 Å². The molecular formula is C25H25ClFN3O2. The fourth-order valence-electron chi connectivity index (χ4n) is 4.16. The van der Waals surface area contributed by atoms with Gasteiger partial charge in [0.2, 0.25) is 0 Å². The number of aromatic nitrogens is 2. The predicted molar refractivity (Wildman–Crippen MR) is 127 cm³/mol. The number of pyridine rings is 1. The molecule has 0 aliphatic carbocycles. The molecule has 0 N–H and O–H groups in total. The number of fused-ring (bicyclic) bond motifs is 3. The lowest BCUT2D eigenvalue weighted by Gasteiger charge is -2.12. The van der Waals surface area contributed by atoms with Gasteiger partial charge in [-0.1, -0.05) is 18.2 Å². The van der Waals surface area contributed by atoms with E-state index in [-0.39, 0.29) is 30.4 Å². The van der Waals surface area contributed by atoms with E-state index in [1.165, 1.54) is 23.3 Å². The van der Waals surface area contributed by atoms with Crippen LogP contribution in [-0.4, -0.2) is 34.2 Å². The van der Waals surface area contributed by atoms with Crippen LogP contribution in [0.25, 0.3) is 16.6 Å². The molecule has 0 saturated carbocycles. The highest BCUT2D eigenvalue weighted by Crippen LogP contribution is 2.25. The van der Waals surface area contributed by atoms with Crippen molar-refractivity contribution in [1.29, 1.82) is 0 Å². The van der Waals surface area contributed by atoms with E-state index in [0.717, 1.165) is 37.1 Å². The smallest absolute Gasteiger partial charge is 0.258 e. The summed E-state index contributed by atoms with van der Waals surface area (Å²) in [5.41, 5.74) is 3.62. The zero-order valence-corrected chi connectivity index (χ0v) is 18.6. The van der Waals surface area contributed by atoms with Crippen molar-refractivity contribution < 1.29 is 9.13 Å². The average Bonchev–Trinajstić information content (AvgIpc) is 3.02. The van der Waals surface area contributed by atoms with Crippen LogP contribution in [0.1, 0.15) is 11.3 Å². The lowest BCUT2D eigenvalue weighted by molar-refractivity contribution is 0.299. The number of hydrogen-bond acceptors (Lipinski definition) is 3. The van der Waals surface area contributed by atoms with Gasteiger partial charge < -0.3 is 14.2 Å². The van der Waals surface area contributed by atoms with Gasteiger partial charge in [0.05, 0.1) is 0 Å². The second kappa shape index (κ2) is 9.18. The monoisotopic (exact) mass is 453 g/mol. The Hall–Kier alpha value is -3.09. The number of benzene rings is 2. The number of likely N-dealkylation sites (N-methyl/N-ethyl adjacent to an activating group) is 1. The van der Waals surface area contributed by atoms with Gasteiger partial charge in [-0.05, 0) is 43.4 Å². The van der Waals surface area contributed by atoms with E-state index in [1.54, 1.807) is 35.0 Å². The summed E-state index contributed by atoms with van der Waals surface area (Å²) in [7, 11) is 2.16. The molecule has 0 saturated heterocycles. The van der Waals surface area contributed by atoms with E-state index in [0.29, 0.717) is 11.3 Å². The van der Waals surface area contributed by atoms with Gasteiger partial charge in [-0.3, -0.25) is 9.36 Å². The summed E-state index contributed by atoms with van der Waals surface area (Å²) in [5, 5.41) is 1.14. The van der Waals surface area contributed by atoms with Crippen molar-refractivity contribution in [1.82, 2.24) is 14.0 Å². The maximum Gasteiger partial charge on any atom is 0.258 e. The van der Waals surface area contributed by atoms with Crippen molar-refractivity contribution in [3.05, 3.63) is 94.3 Å². The number of rotatable bonds is 4. The van der Waals surface area contributed by atoms with Crippen LogP contribution in [0.5, 0.6) is 5.75 Å². The summed E-state index contributed by atoms with van der Waals surface area (Å²) >= 11 is 0. The van der Waals surface area contributed by atoms with Crippen LogP contribution in [-0.2, 0) is 19.6 Å². The maximum atomic E-state index is 13.8. The Balaban J connectivity index is 0.00000245. The standard InChI is InChI=1S/C25H24FN3O2.ClH/c1-27-10-8-21-15-19-14-20(6-7-24(19)28(21)13-12-27)29-11-9-22(16-25(29)30)31-17-18-4-2-3-5-23(18)26;/h2-7,9,11,14-16H,8,10,12-13,17H2,1H3;1H. The van der Waals surface area contributed by atoms with Crippen LogP contribution in [0.2, 0.25) is 0 Å². The fraction of sp³-hybridized carbons (Fsp3) is 0.240. The topological polar surface area (TPSA) is 39.4 Å². The molecule has 5 rings (SSSR count). The molecule has 5 nitrogen and oxygen atoms in total. The van der Waals surface area contributed by atoms with Crippen molar-refractivity contribution in [2.45, 2.75) is 19.6 Å². The normalized spacial score (nSPS) is 13.9. The minimum atomic E-state index is -0.318. The second-order valence-corrected chi connectivity index (χ2v) is 8.03. The SMILES string of the molecule is CN1CCc2cc3cc(-n4ccc(OCc5ccccc5F)cc4=O)ccc3n2CC1.Cl. The lowest BCUT2D eigenvalue weighted by atomic mass is 10.2. The number of hydrogen-bond donors (Lipinski definition) is 0. The Bertz CT molecular complexity index is 1310. The van der Waals surface area contributed by atoms with Crippen molar-refractivity contribution in [2.75, 3.05) is 20.1 Å². The van der Waals surface area contributed by atoms with E-state index < -0.39 is 0 Å². The molecule has 3 heterocycles. The zero-order valence-electron chi connectivity index (χ0n) is 17.8. The maximum absolute atomic E-state index is 13.8. The van der Waals surface area contributed by atoms with E-state index in [1.807, 2.05) is 6.07 Å². The summed E-state index contributed by atoms with van der Waals surface area (Å²) in [6.07, 6.45) is 2.73. The molecule has 1 aliphatic rings. The first-order valence-corrected chi connectivity index (χ1v) is 10.5. The molecule has 1 aliphatic heterocycles. The van der Waals surface area contributed by atoms with Crippen LogP contribution in [0.4, 0.5) is 4.39 Å². The van der Waals surface area contributed by atoms with Crippen LogP contribution in [0.15, 0.2) is 71.7 Å². The molecule has 2 aromatic carbocycles. The summed E-state index contributed by atoms with van der Waals surface area (Å²) < 4.78 is 23.4. The first-order chi connectivity index (χ1) is 15.1. The summed E-state index contributed by atoms with van der Waals surface area (Å²) in [4.78, 5) is 15.1. The minimum Gasteiger partial charge on any atom is -0.489 e. The molecule has 0 atom stereocenters. The third kappa shape index (κ3) is 4.29. The summed E-state index contributed by atoms with van der Waals surface area (Å²) in [6, 6.07) is 18.0. The molecule has 166 valence electrons. The first kappa shape index (κ1) is 22.1. The highest BCUT2D eigenvalue weighted by atomic mass is 35.5. The Morgan fingerprint density at radius 3 is 2.66 bits per heavy atom. The number of nitrogens with zero attached hydrogens (tertiary/aromatic N) is 3. The largest absolute Gasteiger partial charge is 0.489 e. The summed E-state index contributed by atoms with van der Waals surface area (Å²) in [5.74, 6) is 0.104. The molecule has 32 heavy (non-hydrogen) atoms. The predicted octanol–water partition coefficient (Wildman–Crippen LogP) is 4.42. The average molecular weight is 454 g/mol. The Kier molecular flexibility index (Phi) is 6.35. The number of halogens is 2. The van der Waals surface area contributed by atoms with Crippen LogP contribution in [0.3, 0.4) is 0 Å². The molecule has 2 aromatic heterocycles. The second-order valence-electron chi connectivity index (χ2n) is 8.03. The van der Waals surface area contributed by atoms with Crippen molar-refractivity contribution >= 4 is 23.3 Å². The third-order valence-corrected chi connectivity index (χ3v) is 5.95. The highest BCUT2D eigenvalue weighted by molar-refractivity contribution is 5.85. The van der Waals surface area contributed by atoms with Gasteiger partial charge in [0.15, 0.2) is 0 Å². The van der Waals surface area contributed by atoms with Gasteiger partial charge >= 0.3 is 0 Å². The Morgan fingerprint density at radius 1 is 1.00 bits per heavy atom. The Labute approximate surface area is 192 Å². The van der Waals surface area contributed by atoms with Gasteiger partial charge in [-0.25, -0.2) is 4.39 Å². The zero-order chi connectivity index (χ0) is 21.4. The minimum absolute atomic E-state index is 0. The molecule has 0 amide bonds. The molecule has 7 heteroatoms. The highest BCUT2D eigenvalue weighted by Gasteiger charge is 2.15. The van der Waals surface area contributed by atoms with Crippen molar-refractivity contribution in [2.24, 2.45) is 0 Å². The molecule has 0 radical (unpaired) electrons. The fourth-order valence-corrected chi connectivity index (χ4v) is 4.16. The third-order valence-electron chi connectivity index (χ3n) is 5.95. The van der Waals surface area contributed by atoms with Gasteiger partial charge in [-0.15, -0.1) is 12.4 Å². The van der Waals surface area contributed by atoms with Crippen molar-refractivity contribution in [3.63, 3.8) is 0 Å².